The molecule has 4 nitrogen and oxygen atoms in total. The monoisotopic (exact) mass is 265 g/mol. The lowest BCUT2D eigenvalue weighted by atomic mass is 9.97. The van der Waals surface area contributed by atoms with Crippen LogP contribution < -0.4 is 10.6 Å². The lowest BCUT2D eigenvalue weighted by molar-refractivity contribution is -0.122. The molecule has 0 radical (unpaired) electrons. The van der Waals surface area contributed by atoms with E-state index in [-0.39, 0.29) is 5.91 Å². The number of fused-ring (bicyclic) bond motifs is 1. The number of carbonyl (C=O) groups excluding carboxylic acids is 1. The van der Waals surface area contributed by atoms with Gasteiger partial charge in [-0.1, -0.05) is 0 Å². The van der Waals surface area contributed by atoms with E-state index in [1.165, 1.54) is 38.8 Å². The van der Waals surface area contributed by atoms with Crippen LogP contribution in [0.4, 0.5) is 0 Å². The van der Waals surface area contributed by atoms with Gasteiger partial charge >= 0.3 is 0 Å². The summed E-state index contributed by atoms with van der Waals surface area (Å²) in [6, 6.07) is 1.19. The maximum Gasteiger partial charge on any atom is 0.220 e. The van der Waals surface area contributed by atoms with Crippen molar-refractivity contribution in [3.8, 4) is 0 Å². The van der Waals surface area contributed by atoms with Gasteiger partial charge in [-0.25, -0.2) is 0 Å². The Kier molecular flexibility index (Phi) is 4.38. The van der Waals surface area contributed by atoms with Gasteiger partial charge in [0, 0.05) is 25.0 Å². The summed E-state index contributed by atoms with van der Waals surface area (Å²) >= 11 is 0. The molecule has 108 valence electrons. The number of nitrogens with one attached hydrogen (secondary N) is 2. The quantitative estimate of drug-likeness (QED) is 0.800. The fourth-order valence-electron chi connectivity index (χ4n) is 3.95. The molecule has 0 aliphatic carbocycles. The summed E-state index contributed by atoms with van der Waals surface area (Å²) in [5.41, 5.74) is 0. The molecule has 4 heteroatoms. The lowest BCUT2D eigenvalue weighted by Crippen LogP contribution is -2.47. The average molecular weight is 265 g/mol. The van der Waals surface area contributed by atoms with Crippen LogP contribution in [0.2, 0.25) is 0 Å². The van der Waals surface area contributed by atoms with Crippen LogP contribution >= 0.6 is 0 Å². The summed E-state index contributed by atoms with van der Waals surface area (Å²) in [5.74, 6) is 1.01. The van der Waals surface area contributed by atoms with Crippen molar-refractivity contribution in [2.75, 3.05) is 26.2 Å². The summed E-state index contributed by atoms with van der Waals surface area (Å²) in [4.78, 5) is 14.6. The second kappa shape index (κ2) is 6.23. The van der Waals surface area contributed by atoms with E-state index in [1.54, 1.807) is 0 Å². The number of hydrogen-bond donors (Lipinski definition) is 2. The molecule has 0 aromatic rings. The summed E-state index contributed by atoms with van der Waals surface area (Å²) < 4.78 is 0. The van der Waals surface area contributed by atoms with Gasteiger partial charge in [0.15, 0.2) is 0 Å². The topological polar surface area (TPSA) is 44.4 Å². The lowest BCUT2D eigenvalue weighted by Gasteiger charge is -2.35. The molecule has 3 aliphatic heterocycles. The summed E-state index contributed by atoms with van der Waals surface area (Å²) in [7, 11) is 0. The highest BCUT2D eigenvalue weighted by atomic mass is 16.1. The molecule has 3 rings (SSSR count). The Labute approximate surface area is 116 Å². The average Bonchev–Trinajstić information content (AvgIpc) is 3.07. The van der Waals surface area contributed by atoms with Crippen molar-refractivity contribution < 1.29 is 4.79 Å². The minimum absolute atomic E-state index is 0.281. The predicted molar refractivity (Wildman–Crippen MR) is 76.0 cm³/mol. The molecule has 19 heavy (non-hydrogen) atoms. The van der Waals surface area contributed by atoms with E-state index in [0.29, 0.717) is 6.04 Å². The Balaban J connectivity index is 1.37. The largest absolute Gasteiger partial charge is 0.353 e. The first-order valence-electron chi connectivity index (χ1n) is 8.05. The first-order valence-corrected chi connectivity index (χ1v) is 8.05. The Bertz CT molecular complexity index is 315. The van der Waals surface area contributed by atoms with Crippen LogP contribution in [0.1, 0.15) is 44.9 Å². The molecule has 3 unspecified atom stereocenters. The van der Waals surface area contributed by atoms with Crippen LogP contribution in [0, 0.1) is 5.92 Å². The first kappa shape index (κ1) is 13.4. The normalized spacial score (nSPS) is 35.3. The van der Waals surface area contributed by atoms with Crippen molar-refractivity contribution in [1.29, 1.82) is 0 Å². The van der Waals surface area contributed by atoms with Crippen LogP contribution in [-0.2, 0) is 4.79 Å². The molecule has 3 aliphatic rings. The smallest absolute Gasteiger partial charge is 0.220 e. The predicted octanol–water partition coefficient (Wildman–Crippen LogP) is 1.12. The van der Waals surface area contributed by atoms with Crippen molar-refractivity contribution in [3.05, 3.63) is 0 Å². The second-order valence-electron chi connectivity index (χ2n) is 6.52. The molecule has 0 aromatic carbocycles. The van der Waals surface area contributed by atoms with Crippen molar-refractivity contribution >= 4 is 5.91 Å². The maximum atomic E-state index is 12.0. The SMILES string of the molecule is O=C(CCC1CCNC1)NC1CCN2CCCC2C1. The third-order valence-corrected chi connectivity index (χ3v) is 5.13. The van der Waals surface area contributed by atoms with Crippen LogP contribution in [0.25, 0.3) is 0 Å². The molecule has 0 spiro atoms. The number of nitrogens with zero attached hydrogens (tertiary/aromatic N) is 1. The molecule has 2 N–H and O–H groups in total. The standard InChI is InChI=1S/C15H27N3O/c19-15(4-3-12-5-7-16-11-12)17-13-6-9-18-8-1-2-14(18)10-13/h12-14,16H,1-11H2,(H,17,19). The van der Waals surface area contributed by atoms with E-state index in [2.05, 4.69) is 15.5 Å². The molecular formula is C15H27N3O. The van der Waals surface area contributed by atoms with Crippen molar-refractivity contribution in [1.82, 2.24) is 15.5 Å². The molecule has 3 heterocycles. The number of piperidine rings is 1. The Morgan fingerprint density at radius 1 is 1.26 bits per heavy atom. The third kappa shape index (κ3) is 3.48. The molecule has 0 bridgehead atoms. The molecule has 3 saturated heterocycles. The van der Waals surface area contributed by atoms with Gasteiger partial charge in [-0.15, -0.1) is 0 Å². The minimum atomic E-state index is 0.281. The van der Waals surface area contributed by atoms with E-state index in [0.717, 1.165) is 44.3 Å². The molecular weight excluding hydrogens is 238 g/mol. The van der Waals surface area contributed by atoms with Gasteiger partial charge in [0.1, 0.15) is 0 Å². The number of hydrogen-bond acceptors (Lipinski definition) is 3. The highest BCUT2D eigenvalue weighted by Crippen LogP contribution is 2.26. The fourth-order valence-corrected chi connectivity index (χ4v) is 3.95. The van der Waals surface area contributed by atoms with Gasteiger partial charge in [-0.05, 0) is 64.1 Å². The minimum Gasteiger partial charge on any atom is -0.353 e. The Hall–Kier alpha value is -0.610. The summed E-state index contributed by atoms with van der Waals surface area (Å²) in [5, 5.41) is 6.63. The number of carbonyl (C=O) groups is 1. The van der Waals surface area contributed by atoms with E-state index in [9.17, 15) is 4.79 Å². The highest BCUT2D eigenvalue weighted by Gasteiger charge is 2.32. The van der Waals surface area contributed by atoms with Crippen LogP contribution in [0.15, 0.2) is 0 Å². The van der Waals surface area contributed by atoms with Gasteiger partial charge in [0.05, 0.1) is 0 Å². The first-order chi connectivity index (χ1) is 9.31. The van der Waals surface area contributed by atoms with Crippen molar-refractivity contribution in [3.63, 3.8) is 0 Å². The van der Waals surface area contributed by atoms with Gasteiger partial charge in [0.25, 0.3) is 0 Å². The zero-order chi connectivity index (χ0) is 13.1. The number of amides is 1. The van der Waals surface area contributed by atoms with E-state index in [4.69, 9.17) is 0 Å². The zero-order valence-corrected chi connectivity index (χ0v) is 11.9. The van der Waals surface area contributed by atoms with Crippen molar-refractivity contribution in [2.24, 2.45) is 5.92 Å². The summed E-state index contributed by atoms with van der Waals surface area (Å²) in [6.07, 6.45) is 8.02. The fraction of sp³-hybridized carbons (Fsp3) is 0.933. The van der Waals surface area contributed by atoms with Gasteiger partial charge < -0.3 is 15.5 Å². The molecule has 3 fully saturated rings. The maximum absolute atomic E-state index is 12.0. The number of rotatable bonds is 4. The van der Waals surface area contributed by atoms with Crippen LogP contribution in [-0.4, -0.2) is 49.1 Å². The van der Waals surface area contributed by atoms with Gasteiger partial charge in [0.2, 0.25) is 5.91 Å². The van der Waals surface area contributed by atoms with Crippen LogP contribution in [0.5, 0.6) is 0 Å². The van der Waals surface area contributed by atoms with Gasteiger partial charge in [-0.2, -0.15) is 0 Å². The van der Waals surface area contributed by atoms with Crippen molar-refractivity contribution in [2.45, 2.75) is 57.0 Å². The van der Waals surface area contributed by atoms with Gasteiger partial charge in [-0.3, -0.25) is 4.79 Å². The molecule has 0 saturated carbocycles. The Morgan fingerprint density at radius 3 is 3.05 bits per heavy atom. The van der Waals surface area contributed by atoms with E-state index >= 15 is 0 Å². The zero-order valence-electron chi connectivity index (χ0n) is 11.9. The highest BCUT2D eigenvalue weighted by molar-refractivity contribution is 5.76. The molecule has 1 amide bonds. The molecule has 3 atom stereocenters. The summed E-state index contributed by atoms with van der Waals surface area (Å²) in [6.45, 7) is 4.70. The van der Waals surface area contributed by atoms with E-state index < -0.39 is 0 Å². The molecule has 0 aromatic heterocycles. The van der Waals surface area contributed by atoms with E-state index in [1.807, 2.05) is 0 Å². The Morgan fingerprint density at radius 2 is 2.21 bits per heavy atom. The third-order valence-electron chi connectivity index (χ3n) is 5.13. The second-order valence-corrected chi connectivity index (χ2v) is 6.52. The van der Waals surface area contributed by atoms with Crippen LogP contribution in [0.3, 0.4) is 0 Å².